The predicted molar refractivity (Wildman–Crippen MR) is 85.7 cm³/mol. The third-order valence-electron chi connectivity index (χ3n) is 4.97. The van der Waals surface area contributed by atoms with E-state index in [0.29, 0.717) is 0 Å². The highest BCUT2D eigenvalue weighted by atomic mass is 16.5. The van der Waals surface area contributed by atoms with Crippen LogP contribution in [-0.2, 0) is 6.54 Å². The summed E-state index contributed by atoms with van der Waals surface area (Å²) < 4.78 is 7.63. The molecule has 0 atom stereocenters. The first kappa shape index (κ1) is 13.2. The maximum atomic E-state index is 5.29. The van der Waals surface area contributed by atoms with Gasteiger partial charge >= 0.3 is 0 Å². The number of hydrogen-bond donors (Lipinski definition) is 1. The third-order valence-corrected chi connectivity index (χ3v) is 4.97. The Morgan fingerprint density at radius 3 is 2.62 bits per heavy atom. The number of ether oxygens (including phenoxy) is 1. The molecule has 0 spiro atoms. The average molecular weight is 284 g/mol. The van der Waals surface area contributed by atoms with E-state index in [0.717, 1.165) is 36.7 Å². The number of nitrogens with one attached hydrogen (secondary N) is 1. The molecule has 2 aliphatic carbocycles. The van der Waals surface area contributed by atoms with Crippen molar-refractivity contribution in [3.63, 3.8) is 0 Å². The van der Waals surface area contributed by atoms with Gasteiger partial charge in [-0.25, -0.2) is 0 Å². The molecule has 0 saturated heterocycles. The number of rotatable bonds is 7. The molecular weight excluding hydrogens is 260 g/mol. The summed E-state index contributed by atoms with van der Waals surface area (Å²) in [5, 5.41) is 5.08. The van der Waals surface area contributed by atoms with Crippen LogP contribution in [0.4, 0.5) is 0 Å². The number of aromatic nitrogens is 1. The fraction of sp³-hybridized carbons (Fsp3) is 0.556. The van der Waals surface area contributed by atoms with Gasteiger partial charge in [-0.15, -0.1) is 0 Å². The van der Waals surface area contributed by atoms with Crippen molar-refractivity contribution in [1.29, 1.82) is 0 Å². The first-order valence-electron chi connectivity index (χ1n) is 8.21. The van der Waals surface area contributed by atoms with Gasteiger partial charge in [0, 0.05) is 36.2 Å². The van der Waals surface area contributed by atoms with Gasteiger partial charge in [-0.05, 0) is 61.8 Å². The van der Waals surface area contributed by atoms with Crippen LogP contribution in [0, 0.1) is 11.8 Å². The maximum absolute atomic E-state index is 5.29. The van der Waals surface area contributed by atoms with Gasteiger partial charge in [-0.2, -0.15) is 0 Å². The molecule has 1 aromatic heterocycles. The largest absolute Gasteiger partial charge is 0.497 e. The van der Waals surface area contributed by atoms with Crippen LogP contribution in [0.5, 0.6) is 5.75 Å². The first-order valence-corrected chi connectivity index (χ1v) is 8.21. The molecule has 3 nitrogen and oxygen atoms in total. The molecule has 0 aliphatic heterocycles. The van der Waals surface area contributed by atoms with Crippen LogP contribution in [0.25, 0.3) is 10.9 Å². The van der Waals surface area contributed by atoms with E-state index < -0.39 is 0 Å². The zero-order valence-electron chi connectivity index (χ0n) is 12.7. The smallest absolute Gasteiger partial charge is 0.119 e. The van der Waals surface area contributed by atoms with E-state index in [1.54, 1.807) is 7.11 Å². The Morgan fingerprint density at radius 1 is 1.19 bits per heavy atom. The van der Waals surface area contributed by atoms with Crippen molar-refractivity contribution >= 4 is 10.9 Å². The second-order valence-electron chi connectivity index (χ2n) is 6.59. The second-order valence-corrected chi connectivity index (χ2v) is 6.59. The van der Waals surface area contributed by atoms with Gasteiger partial charge in [0.15, 0.2) is 0 Å². The Labute approximate surface area is 126 Å². The zero-order valence-corrected chi connectivity index (χ0v) is 12.7. The predicted octanol–water partition coefficient (Wildman–Crippen LogP) is 3.43. The summed E-state index contributed by atoms with van der Waals surface area (Å²) in [5.74, 6) is 2.88. The van der Waals surface area contributed by atoms with Crippen LogP contribution in [0.2, 0.25) is 0 Å². The lowest BCUT2D eigenvalue weighted by Gasteiger charge is -2.18. The van der Waals surface area contributed by atoms with E-state index in [1.165, 1.54) is 36.6 Å². The molecule has 2 aliphatic rings. The van der Waals surface area contributed by atoms with E-state index in [9.17, 15) is 0 Å². The highest BCUT2D eigenvalue weighted by Crippen LogP contribution is 2.44. The molecule has 1 aromatic carbocycles. The molecule has 0 unspecified atom stereocenters. The van der Waals surface area contributed by atoms with Crippen molar-refractivity contribution in [3.05, 3.63) is 30.5 Å². The number of methoxy groups -OCH3 is 1. The molecule has 2 fully saturated rings. The molecular formula is C18H24N2O. The molecule has 0 amide bonds. The van der Waals surface area contributed by atoms with Crippen LogP contribution in [-0.4, -0.2) is 24.3 Å². The van der Waals surface area contributed by atoms with Gasteiger partial charge in [-0.3, -0.25) is 0 Å². The van der Waals surface area contributed by atoms with Crippen LogP contribution < -0.4 is 10.1 Å². The fourth-order valence-corrected chi connectivity index (χ4v) is 3.48. The topological polar surface area (TPSA) is 26.2 Å². The first-order chi connectivity index (χ1) is 10.3. The molecule has 0 bridgehead atoms. The molecule has 1 heterocycles. The number of nitrogens with zero attached hydrogens (tertiary/aromatic N) is 1. The van der Waals surface area contributed by atoms with E-state index in [4.69, 9.17) is 4.74 Å². The summed E-state index contributed by atoms with van der Waals surface area (Å²) in [4.78, 5) is 0. The molecule has 0 radical (unpaired) electrons. The molecule has 21 heavy (non-hydrogen) atoms. The standard InChI is InChI=1S/C18H24N2O/c1-21-16-6-7-17-15(12-16)8-10-20(17)11-9-19-18(13-2-3-13)14-4-5-14/h6-8,10,12-14,18-19H,2-5,9,11H2,1H3. The van der Waals surface area contributed by atoms with Gasteiger partial charge < -0.3 is 14.6 Å². The lowest BCUT2D eigenvalue weighted by Crippen LogP contribution is -2.35. The fourth-order valence-electron chi connectivity index (χ4n) is 3.48. The lowest BCUT2D eigenvalue weighted by atomic mass is 10.1. The molecule has 2 saturated carbocycles. The van der Waals surface area contributed by atoms with Crippen LogP contribution in [0.1, 0.15) is 25.7 Å². The van der Waals surface area contributed by atoms with Crippen molar-refractivity contribution in [2.75, 3.05) is 13.7 Å². The Bertz CT molecular complexity index is 613. The number of hydrogen-bond acceptors (Lipinski definition) is 2. The van der Waals surface area contributed by atoms with Gasteiger partial charge in [0.25, 0.3) is 0 Å². The van der Waals surface area contributed by atoms with Gasteiger partial charge in [0.1, 0.15) is 5.75 Å². The minimum Gasteiger partial charge on any atom is -0.497 e. The lowest BCUT2D eigenvalue weighted by molar-refractivity contribution is 0.408. The normalized spacial score (nSPS) is 18.6. The summed E-state index contributed by atoms with van der Waals surface area (Å²) in [5.41, 5.74) is 1.30. The monoisotopic (exact) mass is 284 g/mol. The average Bonchev–Trinajstić information content (AvgIpc) is 3.42. The van der Waals surface area contributed by atoms with E-state index in [2.05, 4.69) is 34.3 Å². The maximum Gasteiger partial charge on any atom is 0.119 e. The highest BCUT2D eigenvalue weighted by molar-refractivity contribution is 5.81. The molecule has 4 rings (SSSR count). The zero-order chi connectivity index (χ0) is 14.2. The second kappa shape index (κ2) is 5.38. The summed E-state index contributed by atoms with van der Waals surface area (Å²) >= 11 is 0. The Morgan fingerprint density at radius 2 is 1.95 bits per heavy atom. The van der Waals surface area contributed by atoms with E-state index >= 15 is 0 Å². The van der Waals surface area contributed by atoms with E-state index in [-0.39, 0.29) is 0 Å². The van der Waals surface area contributed by atoms with Crippen molar-refractivity contribution in [1.82, 2.24) is 9.88 Å². The Balaban J connectivity index is 1.40. The van der Waals surface area contributed by atoms with Gasteiger partial charge in [0.2, 0.25) is 0 Å². The van der Waals surface area contributed by atoms with Gasteiger partial charge in [0.05, 0.1) is 7.11 Å². The SMILES string of the molecule is COc1ccc2c(ccn2CCNC(C2CC2)C2CC2)c1. The van der Waals surface area contributed by atoms with Crippen molar-refractivity contribution in [3.8, 4) is 5.75 Å². The molecule has 3 heteroatoms. The molecule has 1 N–H and O–H groups in total. The van der Waals surface area contributed by atoms with E-state index in [1.807, 2.05) is 6.07 Å². The third kappa shape index (κ3) is 2.80. The van der Waals surface area contributed by atoms with Crippen LogP contribution in [0.3, 0.4) is 0 Å². The molecule has 2 aromatic rings. The highest BCUT2D eigenvalue weighted by Gasteiger charge is 2.40. The minimum atomic E-state index is 0.798. The minimum absolute atomic E-state index is 0.798. The number of benzene rings is 1. The van der Waals surface area contributed by atoms with Crippen LogP contribution >= 0.6 is 0 Å². The Hall–Kier alpha value is -1.48. The summed E-state index contributed by atoms with van der Waals surface area (Å²) in [6, 6.07) is 9.29. The van der Waals surface area contributed by atoms with Crippen molar-refractivity contribution < 1.29 is 4.74 Å². The quantitative estimate of drug-likeness (QED) is 0.843. The Kier molecular flexibility index (Phi) is 3.38. The summed E-state index contributed by atoms with van der Waals surface area (Å²) in [6.07, 6.45) is 7.97. The molecule has 112 valence electrons. The van der Waals surface area contributed by atoms with Crippen molar-refractivity contribution in [2.45, 2.75) is 38.3 Å². The van der Waals surface area contributed by atoms with Crippen molar-refractivity contribution in [2.24, 2.45) is 11.8 Å². The van der Waals surface area contributed by atoms with Crippen LogP contribution in [0.15, 0.2) is 30.5 Å². The number of fused-ring (bicyclic) bond motifs is 1. The summed E-state index contributed by atoms with van der Waals surface area (Å²) in [6.45, 7) is 2.12. The summed E-state index contributed by atoms with van der Waals surface area (Å²) in [7, 11) is 1.72. The van der Waals surface area contributed by atoms with Gasteiger partial charge in [-0.1, -0.05) is 0 Å².